The number of thiocarbonyl (C=S) groups is 1. The van der Waals surface area contributed by atoms with Gasteiger partial charge in [0, 0.05) is 18.8 Å². The van der Waals surface area contributed by atoms with Crippen molar-refractivity contribution >= 4 is 28.9 Å². The summed E-state index contributed by atoms with van der Waals surface area (Å²) in [6, 6.07) is 7.85. The quantitative estimate of drug-likeness (QED) is 0.480. The zero-order chi connectivity index (χ0) is 15.8. The molecule has 1 fully saturated rings. The molecule has 0 aromatic heterocycles. The molecule has 22 heavy (non-hydrogen) atoms. The zero-order valence-electron chi connectivity index (χ0n) is 12.6. The van der Waals surface area contributed by atoms with Gasteiger partial charge in [0.05, 0.1) is 12.6 Å². The summed E-state index contributed by atoms with van der Waals surface area (Å²) in [5, 5.41) is 6.44. The van der Waals surface area contributed by atoms with Gasteiger partial charge in [-0.3, -0.25) is 15.6 Å². The highest BCUT2D eigenvalue weighted by atomic mass is 32.1. The number of nitrogens with one attached hydrogen (secondary N) is 4. The number of ether oxygens (including phenoxy) is 1. The molecule has 6 nitrogen and oxygen atoms in total. The van der Waals surface area contributed by atoms with Crippen molar-refractivity contribution in [3.05, 3.63) is 29.8 Å². The molecule has 0 bridgehead atoms. The molecule has 0 unspecified atom stereocenters. The molecule has 1 heterocycles. The predicted octanol–water partition coefficient (Wildman–Crippen LogP) is 1.08. The molecule has 1 aromatic carbocycles. The van der Waals surface area contributed by atoms with Gasteiger partial charge in [0.1, 0.15) is 0 Å². The summed E-state index contributed by atoms with van der Waals surface area (Å²) >= 11 is 5.09. The topological polar surface area (TPSA) is 74.4 Å². The van der Waals surface area contributed by atoms with Crippen LogP contribution in [0.25, 0.3) is 0 Å². The fraction of sp³-hybridized carbons (Fsp3) is 0.467. The number of carbonyl (C=O) groups is 1. The summed E-state index contributed by atoms with van der Waals surface area (Å²) in [5.41, 5.74) is 7.30. The van der Waals surface area contributed by atoms with Gasteiger partial charge in [-0.25, -0.2) is 0 Å². The van der Waals surface area contributed by atoms with Crippen LogP contribution < -0.4 is 21.5 Å². The molecule has 2 rings (SSSR count). The van der Waals surface area contributed by atoms with E-state index < -0.39 is 0 Å². The second-order valence-electron chi connectivity index (χ2n) is 5.24. The van der Waals surface area contributed by atoms with E-state index in [1.54, 1.807) is 0 Å². The number of rotatable bonds is 5. The molecule has 1 aromatic rings. The van der Waals surface area contributed by atoms with Crippen molar-refractivity contribution in [3.63, 3.8) is 0 Å². The Hall–Kier alpha value is -1.86. The number of benzene rings is 1. The molecule has 4 N–H and O–H groups in total. The molecule has 1 saturated heterocycles. The highest BCUT2D eigenvalue weighted by molar-refractivity contribution is 7.80. The van der Waals surface area contributed by atoms with Crippen molar-refractivity contribution in [2.75, 3.05) is 25.0 Å². The number of hydrogen-bond acceptors (Lipinski definition) is 4. The third-order valence-corrected chi connectivity index (χ3v) is 3.58. The molecule has 0 spiro atoms. The van der Waals surface area contributed by atoms with Gasteiger partial charge in [-0.15, -0.1) is 0 Å². The lowest BCUT2D eigenvalue weighted by molar-refractivity contribution is -0.119. The first-order chi connectivity index (χ1) is 10.6. The summed E-state index contributed by atoms with van der Waals surface area (Å²) in [6.45, 7) is 3.66. The summed E-state index contributed by atoms with van der Waals surface area (Å²) in [7, 11) is 0. The number of hydrazine groups is 1. The van der Waals surface area contributed by atoms with Crippen molar-refractivity contribution in [2.24, 2.45) is 0 Å². The van der Waals surface area contributed by atoms with Crippen molar-refractivity contribution in [1.82, 2.24) is 16.2 Å². The molecule has 1 aliphatic heterocycles. The number of hydrogen-bond donors (Lipinski definition) is 4. The van der Waals surface area contributed by atoms with Crippen molar-refractivity contribution < 1.29 is 9.53 Å². The maximum absolute atomic E-state index is 11.7. The summed E-state index contributed by atoms with van der Waals surface area (Å²) in [6.07, 6.45) is 2.34. The molecule has 1 aliphatic rings. The Morgan fingerprint density at radius 2 is 2.09 bits per heavy atom. The van der Waals surface area contributed by atoms with Gasteiger partial charge in [-0.1, -0.05) is 17.7 Å². The van der Waals surface area contributed by atoms with Gasteiger partial charge >= 0.3 is 0 Å². The lowest BCUT2D eigenvalue weighted by Gasteiger charge is -2.14. The first kappa shape index (κ1) is 16.5. The Labute approximate surface area is 136 Å². The molecule has 0 saturated carbocycles. The number of aryl methyl sites for hydroxylation is 1. The van der Waals surface area contributed by atoms with Gasteiger partial charge in [-0.2, -0.15) is 0 Å². The smallest absolute Gasteiger partial charge is 0.257 e. The second-order valence-corrected chi connectivity index (χ2v) is 5.65. The van der Waals surface area contributed by atoms with Gasteiger partial charge < -0.3 is 15.4 Å². The van der Waals surface area contributed by atoms with Crippen molar-refractivity contribution in [1.29, 1.82) is 0 Å². The summed E-state index contributed by atoms with van der Waals surface area (Å²) < 4.78 is 5.48. The Balaban J connectivity index is 1.58. The number of amides is 1. The second kappa shape index (κ2) is 8.55. The predicted molar refractivity (Wildman–Crippen MR) is 90.5 cm³/mol. The zero-order valence-corrected chi connectivity index (χ0v) is 13.5. The van der Waals surface area contributed by atoms with Crippen LogP contribution in [0, 0.1) is 6.92 Å². The largest absolute Gasteiger partial charge is 0.376 e. The van der Waals surface area contributed by atoms with Crippen LogP contribution in [0.2, 0.25) is 0 Å². The van der Waals surface area contributed by atoms with Crippen LogP contribution in [0.1, 0.15) is 18.4 Å². The van der Waals surface area contributed by atoms with E-state index >= 15 is 0 Å². The molecule has 1 amide bonds. The van der Waals surface area contributed by atoms with E-state index in [2.05, 4.69) is 21.5 Å². The van der Waals surface area contributed by atoms with Crippen LogP contribution in [-0.2, 0) is 9.53 Å². The van der Waals surface area contributed by atoms with Gasteiger partial charge in [0.25, 0.3) is 5.91 Å². The normalized spacial score (nSPS) is 16.9. The third-order valence-electron chi connectivity index (χ3n) is 3.33. The first-order valence-electron chi connectivity index (χ1n) is 7.38. The number of anilines is 1. The van der Waals surface area contributed by atoms with E-state index in [9.17, 15) is 4.79 Å². The Morgan fingerprint density at radius 1 is 1.32 bits per heavy atom. The van der Waals surface area contributed by atoms with Crippen molar-refractivity contribution in [3.8, 4) is 0 Å². The van der Waals surface area contributed by atoms with Crippen molar-refractivity contribution in [2.45, 2.75) is 25.9 Å². The minimum atomic E-state index is -0.193. The van der Waals surface area contributed by atoms with E-state index in [-0.39, 0.29) is 18.6 Å². The van der Waals surface area contributed by atoms with Crippen LogP contribution in [0.5, 0.6) is 0 Å². The average molecular weight is 322 g/mol. The lowest BCUT2D eigenvalue weighted by atomic mass is 10.2. The molecular weight excluding hydrogens is 300 g/mol. The maximum Gasteiger partial charge on any atom is 0.257 e. The average Bonchev–Trinajstić information content (AvgIpc) is 3.04. The highest BCUT2D eigenvalue weighted by Crippen LogP contribution is 2.10. The fourth-order valence-electron chi connectivity index (χ4n) is 2.08. The van der Waals surface area contributed by atoms with E-state index in [0.717, 1.165) is 25.1 Å². The third kappa shape index (κ3) is 5.87. The Bertz CT molecular complexity index is 501. The van der Waals surface area contributed by atoms with E-state index in [0.29, 0.717) is 11.7 Å². The van der Waals surface area contributed by atoms with Crippen LogP contribution in [0.3, 0.4) is 0 Å². The monoisotopic (exact) mass is 322 g/mol. The van der Waals surface area contributed by atoms with Gasteiger partial charge in [0.15, 0.2) is 5.11 Å². The fourth-order valence-corrected chi connectivity index (χ4v) is 2.21. The van der Waals surface area contributed by atoms with Crippen LogP contribution >= 0.6 is 12.2 Å². The van der Waals surface area contributed by atoms with Gasteiger partial charge in [-0.05, 0) is 44.1 Å². The molecule has 7 heteroatoms. The summed E-state index contributed by atoms with van der Waals surface area (Å²) in [4.78, 5) is 11.7. The molecule has 0 aliphatic carbocycles. The van der Waals surface area contributed by atoms with E-state index in [1.807, 2.05) is 31.2 Å². The first-order valence-corrected chi connectivity index (χ1v) is 7.79. The van der Waals surface area contributed by atoms with Gasteiger partial charge in [0.2, 0.25) is 0 Å². The minimum absolute atomic E-state index is 0.171. The van der Waals surface area contributed by atoms with Crippen LogP contribution in [-0.4, -0.2) is 36.8 Å². The summed E-state index contributed by atoms with van der Waals surface area (Å²) in [5.74, 6) is -0.193. The highest BCUT2D eigenvalue weighted by Gasteiger charge is 2.15. The molecular formula is C15H22N4O2S. The minimum Gasteiger partial charge on any atom is -0.376 e. The van der Waals surface area contributed by atoms with Crippen LogP contribution in [0.15, 0.2) is 24.3 Å². The SMILES string of the molecule is Cc1ccc(NCC(=O)NNC(=S)NC[C@@H]2CCCO2)cc1. The molecule has 0 radical (unpaired) electrons. The standard InChI is InChI=1S/C15H22N4O2S/c1-11-4-6-12(7-5-11)16-10-14(20)18-19-15(22)17-9-13-3-2-8-21-13/h4-7,13,16H,2-3,8-10H2,1H3,(H,18,20)(H2,17,19,22)/t13-/m0/s1. The lowest BCUT2D eigenvalue weighted by Crippen LogP contribution is -2.49. The van der Waals surface area contributed by atoms with E-state index in [4.69, 9.17) is 17.0 Å². The number of carbonyl (C=O) groups excluding carboxylic acids is 1. The van der Waals surface area contributed by atoms with E-state index in [1.165, 1.54) is 5.56 Å². The van der Waals surface area contributed by atoms with Crippen LogP contribution in [0.4, 0.5) is 5.69 Å². The molecule has 120 valence electrons. The Kier molecular flexibility index (Phi) is 6.42. The maximum atomic E-state index is 11.7. The molecule has 1 atom stereocenters. The Morgan fingerprint density at radius 3 is 2.77 bits per heavy atom.